The van der Waals surface area contributed by atoms with Gasteiger partial charge in [0.25, 0.3) is 0 Å². The molecule has 2 N–H and O–H groups in total. The molecule has 4 fully saturated rings. The van der Waals surface area contributed by atoms with Crippen LogP contribution in [0, 0.1) is 29.1 Å². The van der Waals surface area contributed by atoms with E-state index in [-0.39, 0.29) is 40.3 Å². The number of benzene rings is 1. The van der Waals surface area contributed by atoms with E-state index in [1.165, 1.54) is 19.3 Å². The van der Waals surface area contributed by atoms with Crippen LogP contribution in [-0.4, -0.2) is 38.6 Å². The van der Waals surface area contributed by atoms with Crippen molar-refractivity contribution in [1.29, 1.82) is 0 Å². The summed E-state index contributed by atoms with van der Waals surface area (Å²) in [6, 6.07) is 7.58. The lowest BCUT2D eigenvalue weighted by molar-refractivity contribution is -0.149. The third-order valence-corrected chi connectivity index (χ3v) is 9.26. The van der Waals surface area contributed by atoms with Crippen molar-refractivity contribution in [2.75, 3.05) is 12.3 Å². The van der Waals surface area contributed by atoms with Crippen molar-refractivity contribution in [3.8, 4) is 0 Å². The van der Waals surface area contributed by atoms with Crippen LogP contribution in [0.5, 0.6) is 0 Å². The van der Waals surface area contributed by atoms with Crippen molar-refractivity contribution in [3.05, 3.63) is 30.3 Å². The van der Waals surface area contributed by atoms with Gasteiger partial charge >= 0.3 is 0 Å². The number of amides is 2. The Balaban J connectivity index is 1.35. The Kier molecular flexibility index (Phi) is 6.16. The van der Waals surface area contributed by atoms with Crippen LogP contribution in [0.2, 0.25) is 0 Å². The highest BCUT2D eigenvalue weighted by Gasteiger charge is 2.55. The van der Waals surface area contributed by atoms with Gasteiger partial charge < -0.3 is 10.6 Å². The van der Waals surface area contributed by atoms with Crippen LogP contribution in [0.1, 0.15) is 52.4 Å². The topological polar surface area (TPSA) is 92.3 Å². The van der Waals surface area contributed by atoms with Crippen LogP contribution in [-0.2, 0) is 19.4 Å². The maximum Gasteiger partial charge on any atom is 0.242 e. The molecule has 0 spiro atoms. The summed E-state index contributed by atoms with van der Waals surface area (Å²) in [6.07, 6.45) is 6.63. The summed E-state index contributed by atoms with van der Waals surface area (Å²) >= 11 is 0. The maximum absolute atomic E-state index is 13.3. The molecule has 0 aromatic heterocycles. The highest BCUT2D eigenvalue weighted by Crippen LogP contribution is 2.60. The van der Waals surface area contributed by atoms with Crippen LogP contribution < -0.4 is 10.6 Å². The molecule has 4 aliphatic rings. The number of hydrogen-bond donors (Lipinski definition) is 2. The SMILES string of the molecule is CC(C)[C@@H](NC(=O)C12CC3CC(CC(C3)C1)C2)C(=O)NCCS(=O)(=O)c1ccccc1. The Morgan fingerprint density at radius 2 is 1.55 bits per heavy atom. The molecule has 2 amide bonds. The summed E-state index contributed by atoms with van der Waals surface area (Å²) in [6.45, 7) is 3.84. The molecule has 1 atom stereocenters. The number of carbonyl (C=O) groups excluding carboxylic acids is 2. The van der Waals surface area contributed by atoms with E-state index in [2.05, 4.69) is 10.6 Å². The molecule has 0 unspecified atom stereocenters. The number of rotatable bonds is 8. The Bertz CT molecular complexity index is 891. The second kappa shape index (κ2) is 8.57. The molecule has 0 aliphatic heterocycles. The van der Waals surface area contributed by atoms with Crippen molar-refractivity contribution in [2.24, 2.45) is 29.1 Å². The molecule has 0 heterocycles. The minimum absolute atomic E-state index is 0.0204. The van der Waals surface area contributed by atoms with Crippen molar-refractivity contribution in [2.45, 2.75) is 63.3 Å². The largest absolute Gasteiger partial charge is 0.353 e. The second-order valence-corrected chi connectivity index (χ2v) is 12.4. The van der Waals surface area contributed by atoms with E-state index >= 15 is 0 Å². The molecule has 6 nitrogen and oxygen atoms in total. The van der Waals surface area contributed by atoms with Crippen molar-refractivity contribution >= 4 is 21.7 Å². The molecule has 1 aromatic rings. The van der Waals surface area contributed by atoms with Crippen LogP contribution in [0.3, 0.4) is 0 Å². The summed E-state index contributed by atoms with van der Waals surface area (Å²) in [5.41, 5.74) is -0.307. The van der Waals surface area contributed by atoms with Crippen molar-refractivity contribution < 1.29 is 18.0 Å². The quantitative estimate of drug-likeness (QED) is 0.642. The summed E-state index contributed by atoms with van der Waals surface area (Å²) in [7, 11) is -3.46. The van der Waals surface area contributed by atoms with Crippen molar-refractivity contribution in [1.82, 2.24) is 10.6 Å². The fourth-order valence-electron chi connectivity index (χ4n) is 6.38. The highest BCUT2D eigenvalue weighted by molar-refractivity contribution is 7.91. The van der Waals surface area contributed by atoms with Gasteiger partial charge in [0.15, 0.2) is 9.84 Å². The van der Waals surface area contributed by atoms with Gasteiger partial charge in [-0.3, -0.25) is 9.59 Å². The Labute approximate surface area is 185 Å². The number of nitrogens with one attached hydrogen (secondary N) is 2. The zero-order valence-electron chi connectivity index (χ0n) is 18.5. The molecular weight excluding hydrogens is 412 g/mol. The van der Waals surface area contributed by atoms with E-state index in [0.29, 0.717) is 17.8 Å². The van der Waals surface area contributed by atoms with Crippen molar-refractivity contribution in [3.63, 3.8) is 0 Å². The minimum Gasteiger partial charge on any atom is -0.353 e. The van der Waals surface area contributed by atoms with Crippen LogP contribution in [0.4, 0.5) is 0 Å². The average Bonchev–Trinajstić information content (AvgIpc) is 2.71. The second-order valence-electron chi connectivity index (χ2n) is 10.3. The summed E-state index contributed by atoms with van der Waals surface area (Å²) in [5, 5.41) is 5.79. The van der Waals surface area contributed by atoms with Gasteiger partial charge in [-0.1, -0.05) is 32.0 Å². The molecule has 4 aliphatic carbocycles. The van der Waals surface area contributed by atoms with Gasteiger partial charge in [0, 0.05) is 12.0 Å². The first-order valence-corrected chi connectivity index (χ1v) is 13.2. The van der Waals surface area contributed by atoms with E-state index in [4.69, 9.17) is 0 Å². The van der Waals surface area contributed by atoms with Gasteiger partial charge in [0.1, 0.15) is 6.04 Å². The lowest BCUT2D eigenvalue weighted by Gasteiger charge is -2.55. The maximum atomic E-state index is 13.3. The van der Waals surface area contributed by atoms with Gasteiger partial charge in [-0.15, -0.1) is 0 Å². The first-order chi connectivity index (χ1) is 14.7. The smallest absolute Gasteiger partial charge is 0.242 e. The Morgan fingerprint density at radius 1 is 1.00 bits per heavy atom. The van der Waals surface area contributed by atoms with Gasteiger partial charge in [0.2, 0.25) is 11.8 Å². The Hall–Kier alpha value is -1.89. The zero-order chi connectivity index (χ0) is 22.2. The molecule has 0 radical (unpaired) electrons. The zero-order valence-corrected chi connectivity index (χ0v) is 19.3. The third-order valence-electron chi connectivity index (χ3n) is 7.53. The van der Waals surface area contributed by atoms with E-state index in [1.54, 1.807) is 30.3 Å². The van der Waals surface area contributed by atoms with E-state index in [0.717, 1.165) is 19.3 Å². The van der Waals surface area contributed by atoms with E-state index in [9.17, 15) is 18.0 Å². The molecule has 0 saturated heterocycles. The highest BCUT2D eigenvalue weighted by atomic mass is 32.2. The van der Waals surface area contributed by atoms with Gasteiger partial charge in [-0.25, -0.2) is 8.42 Å². The number of hydrogen-bond acceptors (Lipinski definition) is 4. The van der Waals surface area contributed by atoms with Gasteiger partial charge in [0.05, 0.1) is 10.6 Å². The van der Waals surface area contributed by atoms with Gasteiger partial charge in [-0.2, -0.15) is 0 Å². The standard InChI is InChI=1S/C24H34N2O4S/c1-16(2)21(22(27)25-8-9-31(29,30)20-6-4-3-5-7-20)26-23(28)24-13-17-10-18(14-24)12-19(11-17)15-24/h3-7,16-19,21H,8-15H2,1-2H3,(H,25,27)(H,26,28)/t17?,18?,19?,21-,24?/m1/s1. The summed E-state index contributed by atoms with van der Waals surface area (Å²) in [4.78, 5) is 26.4. The average molecular weight is 447 g/mol. The normalized spacial score (nSPS) is 30.2. The molecule has 7 heteroatoms. The predicted octanol–water partition coefficient (Wildman–Crippen LogP) is 2.93. The lowest BCUT2D eigenvalue weighted by atomic mass is 9.49. The first kappa shape index (κ1) is 22.3. The first-order valence-electron chi connectivity index (χ1n) is 11.5. The predicted molar refractivity (Wildman–Crippen MR) is 119 cm³/mol. The molecule has 1 aromatic carbocycles. The molecule has 170 valence electrons. The molecule has 5 rings (SSSR count). The Morgan fingerprint density at radius 3 is 2.06 bits per heavy atom. The van der Waals surface area contributed by atoms with E-state index < -0.39 is 15.9 Å². The summed E-state index contributed by atoms with van der Waals surface area (Å²) < 4.78 is 24.9. The minimum atomic E-state index is -3.46. The van der Waals surface area contributed by atoms with E-state index in [1.807, 2.05) is 13.8 Å². The lowest BCUT2D eigenvalue weighted by Crippen LogP contribution is -2.58. The van der Waals surface area contributed by atoms with Crippen LogP contribution in [0.25, 0.3) is 0 Å². The van der Waals surface area contributed by atoms with Crippen LogP contribution >= 0.6 is 0 Å². The molecule has 31 heavy (non-hydrogen) atoms. The number of carbonyl (C=O) groups is 2. The molecular formula is C24H34N2O4S. The monoisotopic (exact) mass is 446 g/mol. The molecule has 4 bridgehead atoms. The number of sulfone groups is 1. The van der Waals surface area contributed by atoms with Crippen LogP contribution in [0.15, 0.2) is 35.2 Å². The van der Waals surface area contributed by atoms with Gasteiger partial charge in [-0.05, 0) is 74.3 Å². The third kappa shape index (κ3) is 4.66. The fourth-order valence-corrected chi connectivity index (χ4v) is 7.56. The summed E-state index contributed by atoms with van der Waals surface area (Å²) in [5.74, 6) is 1.44. The molecule has 4 saturated carbocycles. The fraction of sp³-hybridized carbons (Fsp3) is 0.667.